The van der Waals surface area contributed by atoms with E-state index in [4.69, 9.17) is 0 Å². The molecule has 0 bridgehead atoms. The maximum absolute atomic E-state index is 2.63. The summed E-state index contributed by atoms with van der Waals surface area (Å²) < 4.78 is 0. The minimum atomic E-state index is -1.64. The molecule has 0 N–H and O–H groups in total. The third-order valence-electron chi connectivity index (χ3n) is 5.61. The predicted molar refractivity (Wildman–Crippen MR) is 109 cm³/mol. The number of hydrogen-bond donors (Lipinski definition) is 0. The summed E-state index contributed by atoms with van der Waals surface area (Å²) in [5.41, 5.74) is 1.43. The second-order valence-electron chi connectivity index (χ2n) is 7.08. The quantitative estimate of drug-likeness (QED) is 0.652. The van der Waals surface area contributed by atoms with Crippen molar-refractivity contribution in [1.82, 2.24) is 4.90 Å². The SMILES string of the molecule is c1ccc(CN2CC[Si](c3ccccc3)(c3ccccc3)CC2)cc1. The highest BCUT2D eigenvalue weighted by Crippen LogP contribution is 2.24. The lowest BCUT2D eigenvalue weighted by atomic mass is 10.2. The zero-order valence-electron chi connectivity index (χ0n) is 14.6. The summed E-state index contributed by atoms with van der Waals surface area (Å²) in [6.07, 6.45) is 0. The van der Waals surface area contributed by atoms with Crippen LogP contribution in [0.25, 0.3) is 0 Å². The van der Waals surface area contributed by atoms with Crippen molar-refractivity contribution in [3.05, 3.63) is 96.6 Å². The van der Waals surface area contributed by atoms with Gasteiger partial charge < -0.3 is 0 Å². The van der Waals surface area contributed by atoms with Crippen molar-refractivity contribution >= 4 is 18.4 Å². The van der Waals surface area contributed by atoms with Gasteiger partial charge in [-0.1, -0.05) is 101 Å². The van der Waals surface area contributed by atoms with Crippen LogP contribution in [-0.4, -0.2) is 26.1 Å². The van der Waals surface area contributed by atoms with E-state index < -0.39 is 8.07 Å². The fourth-order valence-electron chi connectivity index (χ4n) is 4.19. The Balaban J connectivity index is 1.58. The van der Waals surface area contributed by atoms with Crippen molar-refractivity contribution in [2.45, 2.75) is 18.6 Å². The van der Waals surface area contributed by atoms with E-state index in [2.05, 4.69) is 95.9 Å². The molecule has 2 heteroatoms. The van der Waals surface area contributed by atoms with Gasteiger partial charge in [0.2, 0.25) is 0 Å². The summed E-state index contributed by atoms with van der Waals surface area (Å²) in [4.78, 5) is 2.63. The number of hydrogen-bond acceptors (Lipinski definition) is 1. The molecule has 1 fully saturated rings. The van der Waals surface area contributed by atoms with Gasteiger partial charge in [0.05, 0.1) is 0 Å². The molecule has 1 aliphatic heterocycles. The minimum Gasteiger partial charge on any atom is -0.300 e. The van der Waals surface area contributed by atoms with Crippen molar-refractivity contribution in [3.8, 4) is 0 Å². The van der Waals surface area contributed by atoms with Crippen molar-refractivity contribution in [3.63, 3.8) is 0 Å². The fourth-order valence-corrected chi connectivity index (χ4v) is 8.99. The fraction of sp³-hybridized carbons (Fsp3) is 0.217. The van der Waals surface area contributed by atoms with E-state index in [0.717, 1.165) is 6.54 Å². The van der Waals surface area contributed by atoms with E-state index in [1.807, 2.05) is 0 Å². The van der Waals surface area contributed by atoms with Gasteiger partial charge >= 0.3 is 0 Å². The van der Waals surface area contributed by atoms with Crippen LogP contribution in [0.4, 0.5) is 0 Å². The van der Waals surface area contributed by atoms with Gasteiger partial charge in [-0.05, 0) is 30.7 Å². The minimum absolute atomic E-state index is 1.08. The Bertz CT molecular complexity index is 737. The Morgan fingerprint density at radius 3 is 1.52 bits per heavy atom. The van der Waals surface area contributed by atoms with Crippen molar-refractivity contribution in [1.29, 1.82) is 0 Å². The standard InChI is InChI=1S/C23H25NSi/c1-4-10-21(11-5-1)20-24-16-18-25(19-17-24,22-12-6-2-7-13-22)23-14-8-3-9-15-23/h1-15H,16-20H2. The van der Waals surface area contributed by atoms with Crippen LogP contribution in [0, 0.1) is 0 Å². The Morgan fingerprint density at radius 1 is 0.600 bits per heavy atom. The summed E-state index contributed by atoms with van der Waals surface area (Å²) in [5.74, 6) is 0. The van der Waals surface area contributed by atoms with E-state index >= 15 is 0 Å². The second-order valence-corrected chi connectivity index (χ2v) is 11.4. The molecule has 4 rings (SSSR count). The topological polar surface area (TPSA) is 3.24 Å². The Hall–Kier alpha value is -2.16. The first-order valence-electron chi connectivity index (χ1n) is 9.24. The number of rotatable bonds is 4. The largest absolute Gasteiger partial charge is 0.300 e. The average Bonchev–Trinajstić information content (AvgIpc) is 2.71. The van der Waals surface area contributed by atoms with Gasteiger partial charge in [-0.3, -0.25) is 4.90 Å². The van der Waals surface area contributed by atoms with Crippen LogP contribution in [0.1, 0.15) is 5.56 Å². The molecule has 0 atom stereocenters. The lowest BCUT2D eigenvalue weighted by molar-refractivity contribution is 0.283. The molecular weight excluding hydrogens is 318 g/mol. The zero-order valence-corrected chi connectivity index (χ0v) is 15.6. The van der Waals surface area contributed by atoms with Crippen LogP contribution in [0.3, 0.4) is 0 Å². The van der Waals surface area contributed by atoms with Gasteiger partial charge in [-0.15, -0.1) is 0 Å². The monoisotopic (exact) mass is 343 g/mol. The zero-order chi connectivity index (χ0) is 17.0. The average molecular weight is 344 g/mol. The third-order valence-corrected chi connectivity index (χ3v) is 10.6. The van der Waals surface area contributed by atoms with Crippen LogP contribution in [-0.2, 0) is 6.54 Å². The molecule has 3 aromatic carbocycles. The first-order chi connectivity index (χ1) is 12.4. The van der Waals surface area contributed by atoms with Gasteiger partial charge in [-0.25, -0.2) is 0 Å². The Morgan fingerprint density at radius 2 is 1.04 bits per heavy atom. The molecule has 0 radical (unpaired) electrons. The lowest BCUT2D eigenvalue weighted by Gasteiger charge is -2.41. The molecule has 1 nitrogen and oxygen atoms in total. The highest BCUT2D eigenvalue weighted by Gasteiger charge is 2.39. The van der Waals surface area contributed by atoms with Gasteiger partial charge in [0.15, 0.2) is 0 Å². The third kappa shape index (κ3) is 3.46. The molecule has 126 valence electrons. The molecule has 0 amide bonds. The molecule has 3 aromatic rings. The molecule has 25 heavy (non-hydrogen) atoms. The molecule has 1 aliphatic rings. The predicted octanol–water partition coefficient (Wildman–Crippen LogP) is 3.77. The highest BCUT2D eigenvalue weighted by atomic mass is 28.3. The van der Waals surface area contributed by atoms with Crippen LogP contribution >= 0.6 is 0 Å². The van der Waals surface area contributed by atoms with E-state index in [0.29, 0.717) is 0 Å². The molecule has 1 heterocycles. The van der Waals surface area contributed by atoms with Crippen molar-refractivity contribution in [2.24, 2.45) is 0 Å². The van der Waals surface area contributed by atoms with Crippen molar-refractivity contribution < 1.29 is 0 Å². The highest BCUT2D eigenvalue weighted by molar-refractivity contribution is 7.02. The van der Waals surface area contributed by atoms with Crippen LogP contribution in [0.15, 0.2) is 91.0 Å². The Kier molecular flexibility index (Phi) is 4.82. The first kappa shape index (κ1) is 16.3. The lowest BCUT2D eigenvalue weighted by Crippen LogP contribution is -2.63. The van der Waals surface area contributed by atoms with E-state index in [-0.39, 0.29) is 0 Å². The second kappa shape index (κ2) is 7.38. The number of nitrogens with zero attached hydrogens (tertiary/aromatic N) is 1. The van der Waals surface area contributed by atoms with E-state index in [1.165, 1.54) is 30.7 Å². The van der Waals surface area contributed by atoms with Crippen molar-refractivity contribution in [2.75, 3.05) is 13.1 Å². The van der Waals surface area contributed by atoms with Gasteiger partial charge in [0, 0.05) is 6.54 Å². The van der Waals surface area contributed by atoms with E-state index in [9.17, 15) is 0 Å². The number of benzene rings is 3. The van der Waals surface area contributed by atoms with E-state index in [1.54, 1.807) is 10.4 Å². The smallest absolute Gasteiger partial charge is 0.120 e. The molecule has 0 unspecified atom stereocenters. The molecule has 0 aromatic heterocycles. The molecule has 0 aliphatic carbocycles. The molecule has 0 saturated carbocycles. The van der Waals surface area contributed by atoms with Crippen LogP contribution in [0.5, 0.6) is 0 Å². The maximum atomic E-state index is 2.63. The van der Waals surface area contributed by atoms with Gasteiger partial charge in [0.1, 0.15) is 8.07 Å². The normalized spacial score (nSPS) is 17.3. The van der Waals surface area contributed by atoms with Crippen LogP contribution in [0.2, 0.25) is 12.1 Å². The molecule has 1 saturated heterocycles. The maximum Gasteiger partial charge on any atom is 0.120 e. The molecule has 0 spiro atoms. The van der Waals surface area contributed by atoms with Gasteiger partial charge in [0.25, 0.3) is 0 Å². The molecular formula is C23H25NSi. The van der Waals surface area contributed by atoms with Gasteiger partial charge in [-0.2, -0.15) is 0 Å². The Labute approximate surface area is 152 Å². The summed E-state index contributed by atoms with van der Waals surface area (Å²) in [6.45, 7) is 3.48. The summed E-state index contributed by atoms with van der Waals surface area (Å²) in [5, 5.41) is 3.20. The first-order valence-corrected chi connectivity index (χ1v) is 11.7. The van der Waals surface area contributed by atoms with Crippen LogP contribution < -0.4 is 10.4 Å². The summed E-state index contributed by atoms with van der Waals surface area (Å²) in [6, 6.07) is 36.1. The summed E-state index contributed by atoms with van der Waals surface area (Å²) >= 11 is 0. The summed E-state index contributed by atoms with van der Waals surface area (Å²) in [7, 11) is -1.64.